The van der Waals surface area contributed by atoms with Crippen LogP contribution in [0.2, 0.25) is 0 Å². The van der Waals surface area contributed by atoms with Gasteiger partial charge in [-0.2, -0.15) is 0 Å². The van der Waals surface area contributed by atoms with E-state index in [0.717, 1.165) is 31.5 Å². The molecule has 1 N–H and O–H groups in total. The minimum Gasteiger partial charge on any atom is -0.312 e. The third-order valence-electron chi connectivity index (χ3n) is 4.14. The third-order valence-corrected chi connectivity index (χ3v) is 4.14. The molecule has 0 radical (unpaired) electrons. The highest BCUT2D eigenvalue weighted by Crippen LogP contribution is 2.22. The first-order valence-electron chi connectivity index (χ1n) is 7.17. The molecule has 3 heteroatoms. The molecular weight excluding hydrogens is 239 g/mol. The van der Waals surface area contributed by atoms with Gasteiger partial charge in [-0.15, -0.1) is 0 Å². The number of benzene rings is 1. The van der Waals surface area contributed by atoms with Gasteiger partial charge in [0.15, 0.2) is 0 Å². The molecule has 2 rings (SSSR count). The Balaban J connectivity index is 1.87. The average Bonchev–Trinajstić information content (AvgIpc) is 2.36. The van der Waals surface area contributed by atoms with E-state index in [2.05, 4.69) is 31.1 Å². The fraction of sp³-hybridized carbons (Fsp3) is 0.625. The van der Waals surface area contributed by atoms with Gasteiger partial charge in [-0.1, -0.05) is 18.2 Å². The van der Waals surface area contributed by atoms with E-state index in [-0.39, 0.29) is 11.4 Å². The van der Waals surface area contributed by atoms with Crippen LogP contribution in [0.5, 0.6) is 0 Å². The zero-order valence-electron chi connectivity index (χ0n) is 12.2. The van der Waals surface area contributed by atoms with Crippen LogP contribution in [0.15, 0.2) is 24.3 Å². The summed E-state index contributed by atoms with van der Waals surface area (Å²) in [5.74, 6) is -0.0819. The Hall–Kier alpha value is -0.930. The first-order chi connectivity index (χ1) is 8.98. The topological polar surface area (TPSA) is 15.3 Å². The Labute approximate surface area is 116 Å². The second kappa shape index (κ2) is 6.02. The summed E-state index contributed by atoms with van der Waals surface area (Å²) in [4.78, 5) is 2.38. The van der Waals surface area contributed by atoms with Crippen molar-refractivity contribution in [1.29, 1.82) is 0 Å². The van der Waals surface area contributed by atoms with Crippen LogP contribution in [0, 0.1) is 5.82 Å². The number of nitrogens with one attached hydrogen (secondary N) is 1. The highest BCUT2D eigenvalue weighted by atomic mass is 19.1. The lowest BCUT2D eigenvalue weighted by atomic mass is 9.88. The first kappa shape index (κ1) is 14.5. The van der Waals surface area contributed by atoms with Gasteiger partial charge in [-0.05, 0) is 58.3 Å². The molecule has 1 heterocycles. The van der Waals surface area contributed by atoms with Gasteiger partial charge >= 0.3 is 0 Å². The fourth-order valence-corrected chi connectivity index (χ4v) is 2.90. The van der Waals surface area contributed by atoms with Crippen LogP contribution in [0.3, 0.4) is 0 Å². The van der Waals surface area contributed by atoms with Crippen LogP contribution in [-0.2, 0) is 6.42 Å². The van der Waals surface area contributed by atoms with Crippen molar-refractivity contribution >= 4 is 0 Å². The number of nitrogens with zero attached hydrogens (tertiary/aromatic N) is 1. The van der Waals surface area contributed by atoms with Crippen LogP contribution in [0.4, 0.5) is 4.39 Å². The van der Waals surface area contributed by atoms with Gasteiger partial charge in [0.05, 0.1) is 0 Å². The maximum Gasteiger partial charge on any atom is 0.126 e. The second-order valence-corrected chi connectivity index (χ2v) is 6.28. The zero-order chi connectivity index (χ0) is 13.9. The number of likely N-dealkylation sites (N-methyl/N-ethyl adjacent to an activating group) is 1. The summed E-state index contributed by atoms with van der Waals surface area (Å²) in [5, 5.41) is 3.54. The summed E-state index contributed by atoms with van der Waals surface area (Å²) in [6.45, 7) is 6.50. The molecule has 0 spiro atoms. The van der Waals surface area contributed by atoms with E-state index in [1.165, 1.54) is 6.42 Å². The number of rotatable bonds is 4. The summed E-state index contributed by atoms with van der Waals surface area (Å²) in [7, 11) is 2.16. The van der Waals surface area contributed by atoms with Gasteiger partial charge in [0.25, 0.3) is 0 Å². The van der Waals surface area contributed by atoms with E-state index in [1.54, 1.807) is 12.1 Å². The third kappa shape index (κ3) is 4.02. The van der Waals surface area contributed by atoms with Gasteiger partial charge in [0.1, 0.15) is 5.82 Å². The lowest BCUT2D eigenvalue weighted by Gasteiger charge is -2.40. The van der Waals surface area contributed by atoms with Crippen molar-refractivity contribution in [2.75, 3.05) is 20.1 Å². The Morgan fingerprint density at radius 1 is 1.37 bits per heavy atom. The van der Waals surface area contributed by atoms with Crippen molar-refractivity contribution in [2.45, 2.75) is 44.7 Å². The molecule has 2 nitrogen and oxygen atoms in total. The maximum atomic E-state index is 13.6. The smallest absolute Gasteiger partial charge is 0.126 e. The van der Waals surface area contributed by atoms with Crippen molar-refractivity contribution in [1.82, 2.24) is 10.2 Å². The standard InChI is InChI=1S/C16H25FN2/c1-16(2)12-14(8-10-18-16)19(3)11-9-13-6-4-5-7-15(13)17/h4-7,14,18H,8-12H2,1-3H3. The van der Waals surface area contributed by atoms with Gasteiger partial charge < -0.3 is 10.2 Å². The molecule has 0 aromatic heterocycles. The van der Waals surface area contributed by atoms with Crippen molar-refractivity contribution in [3.05, 3.63) is 35.6 Å². The summed E-state index contributed by atoms with van der Waals surface area (Å²) >= 11 is 0. The molecule has 1 unspecified atom stereocenters. The second-order valence-electron chi connectivity index (χ2n) is 6.28. The molecule has 1 aliphatic heterocycles. The molecule has 0 aliphatic carbocycles. The van der Waals surface area contributed by atoms with Gasteiger partial charge in [-0.3, -0.25) is 0 Å². The Morgan fingerprint density at radius 2 is 2.11 bits per heavy atom. The number of hydrogen-bond donors (Lipinski definition) is 1. The van der Waals surface area contributed by atoms with E-state index in [9.17, 15) is 4.39 Å². The average molecular weight is 264 g/mol. The fourth-order valence-electron chi connectivity index (χ4n) is 2.90. The molecule has 0 saturated carbocycles. The van der Waals surface area contributed by atoms with Gasteiger partial charge in [0.2, 0.25) is 0 Å². The van der Waals surface area contributed by atoms with E-state index >= 15 is 0 Å². The quantitative estimate of drug-likeness (QED) is 0.899. The maximum absolute atomic E-state index is 13.6. The van der Waals surface area contributed by atoms with Crippen LogP contribution >= 0.6 is 0 Å². The summed E-state index contributed by atoms with van der Waals surface area (Å²) in [5.41, 5.74) is 1.04. The Morgan fingerprint density at radius 3 is 2.79 bits per heavy atom. The molecule has 1 saturated heterocycles. The predicted octanol–water partition coefficient (Wildman–Crippen LogP) is 2.83. The highest BCUT2D eigenvalue weighted by Gasteiger charge is 2.29. The van der Waals surface area contributed by atoms with Crippen LogP contribution in [-0.4, -0.2) is 36.6 Å². The first-order valence-corrected chi connectivity index (χ1v) is 7.17. The minimum absolute atomic E-state index is 0.0819. The van der Waals surface area contributed by atoms with E-state index < -0.39 is 0 Å². The lowest BCUT2D eigenvalue weighted by Crippen LogP contribution is -2.52. The number of halogens is 1. The lowest BCUT2D eigenvalue weighted by molar-refractivity contribution is 0.145. The van der Waals surface area contributed by atoms with Crippen LogP contribution in [0.1, 0.15) is 32.3 Å². The number of hydrogen-bond acceptors (Lipinski definition) is 2. The molecule has 1 aliphatic rings. The van der Waals surface area contributed by atoms with Crippen LogP contribution in [0.25, 0.3) is 0 Å². The van der Waals surface area contributed by atoms with Crippen LogP contribution < -0.4 is 5.32 Å². The van der Waals surface area contributed by atoms with Crippen molar-refractivity contribution in [2.24, 2.45) is 0 Å². The Bertz CT molecular complexity index is 417. The summed E-state index contributed by atoms with van der Waals surface area (Å²) in [6, 6.07) is 7.69. The van der Waals surface area contributed by atoms with Crippen molar-refractivity contribution < 1.29 is 4.39 Å². The van der Waals surface area contributed by atoms with Crippen molar-refractivity contribution in [3.63, 3.8) is 0 Å². The zero-order valence-corrected chi connectivity index (χ0v) is 12.2. The number of piperidine rings is 1. The largest absolute Gasteiger partial charge is 0.312 e. The van der Waals surface area contributed by atoms with Crippen molar-refractivity contribution in [3.8, 4) is 0 Å². The molecule has 1 aromatic carbocycles. The summed E-state index contributed by atoms with van der Waals surface area (Å²) < 4.78 is 13.6. The molecule has 1 atom stereocenters. The molecular formula is C16H25FN2. The molecule has 0 bridgehead atoms. The Kier molecular flexibility index (Phi) is 4.58. The van der Waals surface area contributed by atoms with E-state index in [0.29, 0.717) is 6.04 Å². The van der Waals surface area contributed by atoms with Gasteiger partial charge in [-0.25, -0.2) is 4.39 Å². The molecule has 0 amide bonds. The highest BCUT2D eigenvalue weighted by molar-refractivity contribution is 5.17. The molecule has 1 aromatic rings. The summed E-state index contributed by atoms with van der Waals surface area (Å²) in [6.07, 6.45) is 3.12. The normalized spacial score (nSPS) is 22.7. The monoisotopic (exact) mass is 264 g/mol. The molecule has 1 fully saturated rings. The minimum atomic E-state index is -0.0819. The molecule has 19 heavy (non-hydrogen) atoms. The SMILES string of the molecule is CN(CCc1ccccc1F)C1CCNC(C)(C)C1. The van der Waals surface area contributed by atoms with Gasteiger partial charge in [0, 0.05) is 18.1 Å². The predicted molar refractivity (Wildman–Crippen MR) is 77.8 cm³/mol. The van der Waals surface area contributed by atoms with E-state index in [1.807, 2.05) is 12.1 Å². The van der Waals surface area contributed by atoms with E-state index in [4.69, 9.17) is 0 Å². The molecule has 106 valence electrons.